The van der Waals surface area contributed by atoms with Crippen LogP contribution >= 0.6 is 12.2 Å². The number of carbonyl (C=O) groups is 1. The van der Waals surface area contributed by atoms with Crippen molar-refractivity contribution in [3.05, 3.63) is 64.0 Å². The van der Waals surface area contributed by atoms with Crippen LogP contribution < -0.4 is 15.4 Å². The van der Waals surface area contributed by atoms with Gasteiger partial charge in [0, 0.05) is 11.6 Å². The van der Waals surface area contributed by atoms with Crippen LogP contribution in [-0.2, 0) is 0 Å². The lowest BCUT2D eigenvalue weighted by molar-refractivity contribution is -0.384. The number of halogens is 1. The molecule has 0 aliphatic rings. The molecule has 0 saturated heterocycles. The lowest BCUT2D eigenvalue weighted by Crippen LogP contribution is -2.34. The number of nitro benzene ring substituents is 1. The first-order valence-electron chi connectivity index (χ1n) is 6.61. The zero-order valence-electron chi connectivity index (χ0n) is 12.4. The fraction of sp³-hybridized carbons (Fsp3) is 0.0667. The average Bonchev–Trinajstić information content (AvgIpc) is 2.54. The van der Waals surface area contributed by atoms with Crippen LogP contribution in [0, 0.1) is 15.9 Å². The number of rotatable bonds is 4. The molecule has 0 bridgehead atoms. The Hall–Kier alpha value is -3.07. The lowest BCUT2D eigenvalue weighted by Gasteiger charge is -2.12. The number of ether oxygens (including phenoxy) is 1. The van der Waals surface area contributed by atoms with Crippen LogP contribution in [0.25, 0.3) is 0 Å². The van der Waals surface area contributed by atoms with Crippen molar-refractivity contribution in [1.29, 1.82) is 0 Å². The molecule has 2 rings (SSSR count). The number of hydrogen-bond acceptors (Lipinski definition) is 5. The van der Waals surface area contributed by atoms with E-state index in [1.54, 1.807) is 0 Å². The maximum atomic E-state index is 13.1. The Morgan fingerprint density at radius 2 is 2.04 bits per heavy atom. The second-order valence-corrected chi connectivity index (χ2v) is 4.97. The van der Waals surface area contributed by atoms with E-state index in [0.29, 0.717) is 5.69 Å². The zero-order chi connectivity index (χ0) is 17.7. The largest absolute Gasteiger partial charge is 0.494 e. The molecule has 0 spiro atoms. The second kappa shape index (κ2) is 7.47. The quantitative estimate of drug-likeness (QED) is 0.501. The Morgan fingerprint density at radius 1 is 1.29 bits per heavy atom. The lowest BCUT2D eigenvalue weighted by atomic mass is 10.2. The van der Waals surface area contributed by atoms with E-state index in [1.165, 1.54) is 43.5 Å². The molecule has 0 aliphatic heterocycles. The Morgan fingerprint density at radius 3 is 2.67 bits per heavy atom. The van der Waals surface area contributed by atoms with Crippen molar-refractivity contribution in [1.82, 2.24) is 5.32 Å². The van der Waals surface area contributed by atoms with Crippen LogP contribution in [0.3, 0.4) is 0 Å². The summed E-state index contributed by atoms with van der Waals surface area (Å²) >= 11 is 5.01. The van der Waals surface area contributed by atoms with E-state index in [9.17, 15) is 19.3 Å². The van der Waals surface area contributed by atoms with Gasteiger partial charge in [0.15, 0.2) is 5.11 Å². The Bertz CT molecular complexity index is 813. The molecule has 0 saturated carbocycles. The summed E-state index contributed by atoms with van der Waals surface area (Å²) in [5, 5.41) is 15.8. The highest BCUT2D eigenvalue weighted by molar-refractivity contribution is 7.80. The molecule has 0 radical (unpaired) electrons. The fourth-order valence-corrected chi connectivity index (χ4v) is 2.06. The Balaban J connectivity index is 2.09. The zero-order valence-corrected chi connectivity index (χ0v) is 13.2. The van der Waals surface area contributed by atoms with E-state index >= 15 is 0 Å². The molecule has 124 valence electrons. The Labute approximate surface area is 141 Å². The van der Waals surface area contributed by atoms with Gasteiger partial charge in [0.05, 0.1) is 23.8 Å². The number of amides is 1. The van der Waals surface area contributed by atoms with E-state index in [-0.39, 0.29) is 22.1 Å². The normalized spacial score (nSPS) is 9.92. The van der Waals surface area contributed by atoms with E-state index in [2.05, 4.69) is 10.6 Å². The number of non-ortho nitro benzene ring substituents is 1. The van der Waals surface area contributed by atoms with Crippen LogP contribution in [0.1, 0.15) is 10.4 Å². The molecule has 9 heteroatoms. The number of hydrogen-bond donors (Lipinski definition) is 2. The highest BCUT2D eigenvalue weighted by Gasteiger charge is 2.14. The van der Waals surface area contributed by atoms with Crippen molar-refractivity contribution in [3.63, 3.8) is 0 Å². The molecule has 2 aromatic rings. The molecule has 0 atom stereocenters. The predicted molar refractivity (Wildman–Crippen MR) is 89.7 cm³/mol. The number of carbonyl (C=O) groups excluding carboxylic acids is 1. The molecule has 2 aromatic carbocycles. The van der Waals surface area contributed by atoms with Crippen molar-refractivity contribution in [2.45, 2.75) is 0 Å². The number of nitrogens with zero attached hydrogens (tertiary/aromatic N) is 1. The minimum Gasteiger partial charge on any atom is -0.494 e. The van der Waals surface area contributed by atoms with Crippen LogP contribution in [0.2, 0.25) is 0 Å². The average molecular weight is 349 g/mol. The van der Waals surface area contributed by atoms with E-state index in [1.807, 2.05) is 0 Å². The van der Waals surface area contributed by atoms with Crippen LogP contribution in [0.15, 0.2) is 42.5 Å². The van der Waals surface area contributed by atoms with Crippen molar-refractivity contribution < 1.29 is 18.8 Å². The molecule has 0 fully saturated rings. The summed E-state index contributed by atoms with van der Waals surface area (Å²) in [5.41, 5.74) is 0.301. The van der Waals surface area contributed by atoms with E-state index < -0.39 is 16.6 Å². The summed E-state index contributed by atoms with van der Waals surface area (Å²) in [5.74, 6) is -0.946. The number of nitrogens with one attached hydrogen (secondary N) is 2. The van der Waals surface area contributed by atoms with Gasteiger partial charge in [-0.15, -0.1) is 0 Å². The van der Waals surface area contributed by atoms with Gasteiger partial charge in [0.25, 0.3) is 11.6 Å². The molecule has 1 amide bonds. The summed E-state index contributed by atoms with van der Waals surface area (Å²) < 4.78 is 18.2. The van der Waals surface area contributed by atoms with Crippen LogP contribution in [-0.4, -0.2) is 23.1 Å². The van der Waals surface area contributed by atoms with Gasteiger partial charge in [-0.1, -0.05) is 6.07 Å². The van der Waals surface area contributed by atoms with Crippen molar-refractivity contribution in [3.8, 4) is 5.75 Å². The summed E-state index contributed by atoms with van der Waals surface area (Å²) in [6, 6.07) is 9.02. The maximum Gasteiger partial charge on any atom is 0.273 e. The topological polar surface area (TPSA) is 93.5 Å². The molecule has 24 heavy (non-hydrogen) atoms. The standard InChI is InChI=1S/C15H12FN3O4S/c1-23-13-8-11(19(21)22)5-6-12(13)17-15(24)18-14(20)9-3-2-4-10(16)7-9/h2-8H,1H3,(H2,17,18,20,24). The summed E-state index contributed by atoms with van der Waals surface area (Å²) in [6.45, 7) is 0. The van der Waals surface area contributed by atoms with Gasteiger partial charge in [-0.05, 0) is 36.5 Å². The molecule has 0 heterocycles. The molecule has 7 nitrogen and oxygen atoms in total. The third kappa shape index (κ3) is 4.23. The number of methoxy groups -OCH3 is 1. The van der Waals surface area contributed by atoms with Crippen LogP contribution in [0.4, 0.5) is 15.8 Å². The van der Waals surface area contributed by atoms with Gasteiger partial charge in [0.1, 0.15) is 11.6 Å². The van der Waals surface area contributed by atoms with Gasteiger partial charge in [0.2, 0.25) is 0 Å². The maximum absolute atomic E-state index is 13.1. The molecular formula is C15H12FN3O4S. The van der Waals surface area contributed by atoms with Gasteiger partial charge in [-0.2, -0.15) is 0 Å². The minimum atomic E-state index is -0.590. The number of anilines is 1. The number of thiocarbonyl (C=S) groups is 1. The van der Waals surface area contributed by atoms with Gasteiger partial charge < -0.3 is 10.1 Å². The van der Waals surface area contributed by atoms with E-state index in [4.69, 9.17) is 17.0 Å². The van der Waals surface area contributed by atoms with E-state index in [0.717, 1.165) is 6.07 Å². The number of benzene rings is 2. The van der Waals surface area contributed by atoms with Gasteiger partial charge >= 0.3 is 0 Å². The second-order valence-electron chi connectivity index (χ2n) is 4.56. The first-order valence-corrected chi connectivity index (χ1v) is 7.02. The van der Waals surface area contributed by atoms with Gasteiger partial charge in [-0.3, -0.25) is 20.2 Å². The predicted octanol–water partition coefficient (Wildman–Crippen LogP) is 2.87. The first kappa shape index (κ1) is 17.3. The third-order valence-corrected chi connectivity index (χ3v) is 3.16. The first-order chi connectivity index (χ1) is 11.4. The van der Waals surface area contributed by atoms with Crippen molar-refractivity contribution in [2.24, 2.45) is 0 Å². The fourth-order valence-electron chi connectivity index (χ4n) is 1.86. The smallest absolute Gasteiger partial charge is 0.273 e. The highest BCUT2D eigenvalue weighted by Crippen LogP contribution is 2.28. The van der Waals surface area contributed by atoms with Crippen molar-refractivity contribution >= 4 is 34.6 Å². The summed E-state index contributed by atoms with van der Waals surface area (Å²) in [7, 11) is 1.35. The molecule has 0 aliphatic carbocycles. The van der Waals surface area contributed by atoms with Crippen molar-refractivity contribution in [2.75, 3.05) is 12.4 Å². The SMILES string of the molecule is COc1cc([N+](=O)[O-])ccc1NC(=S)NC(=O)c1cccc(F)c1. The van der Waals surface area contributed by atoms with Crippen LogP contribution in [0.5, 0.6) is 5.75 Å². The molecular weight excluding hydrogens is 337 g/mol. The molecule has 0 aromatic heterocycles. The third-order valence-electron chi connectivity index (χ3n) is 2.96. The summed E-state index contributed by atoms with van der Waals surface area (Å²) in [6.07, 6.45) is 0. The molecule has 2 N–H and O–H groups in total. The van der Waals surface area contributed by atoms with Gasteiger partial charge in [-0.25, -0.2) is 4.39 Å². The highest BCUT2D eigenvalue weighted by atomic mass is 32.1. The Kier molecular flexibility index (Phi) is 5.38. The molecule has 0 unspecified atom stereocenters. The summed E-state index contributed by atoms with van der Waals surface area (Å²) in [4.78, 5) is 22.2. The monoisotopic (exact) mass is 349 g/mol. The minimum absolute atomic E-state index is 0.0589. The number of nitro groups is 1.